The molecule has 9 heteroatoms. The van der Waals surface area contributed by atoms with Gasteiger partial charge in [-0.2, -0.15) is 0 Å². The summed E-state index contributed by atoms with van der Waals surface area (Å²) in [7, 11) is 0. The van der Waals surface area contributed by atoms with Gasteiger partial charge >= 0.3 is 0 Å². The summed E-state index contributed by atoms with van der Waals surface area (Å²) < 4.78 is 13.3. The number of carbonyl (C=O) groups excluding carboxylic acids is 1. The highest BCUT2D eigenvalue weighted by molar-refractivity contribution is 7.99. The molecule has 3 heterocycles. The van der Waals surface area contributed by atoms with E-state index in [1.807, 2.05) is 48.6 Å². The highest BCUT2D eigenvalue weighted by Crippen LogP contribution is 2.30. The van der Waals surface area contributed by atoms with Gasteiger partial charge in [-0.05, 0) is 32.0 Å². The lowest BCUT2D eigenvalue weighted by Gasteiger charge is -2.26. The fourth-order valence-corrected chi connectivity index (χ4v) is 3.68. The van der Waals surface area contributed by atoms with E-state index < -0.39 is 0 Å². The number of nitrogens with one attached hydrogen (secondary N) is 1. The molecule has 0 spiro atoms. The second kappa shape index (κ2) is 7.43. The van der Waals surface area contributed by atoms with Gasteiger partial charge < -0.3 is 14.8 Å². The first-order valence-corrected chi connectivity index (χ1v) is 9.56. The van der Waals surface area contributed by atoms with Gasteiger partial charge in [0.2, 0.25) is 5.91 Å². The predicted octanol–water partition coefficient (Wildman–Crippen LogP) is 1.79. The third-order valence-electron chi connectivity index (χ3n) is 4.09. The van der Waals surface area contributed by atoms with Crippen molar-refractivity contribution in [3.05, 3.63) is 41.7 Å². The van der Waals surface area contributed by atoms with Crippen LogP contribution in [-0.2, 0) is 4.79 Å². The van der Waals surface area contributed by atoms with Crippen LogP contribution in [0.5, 0.6) is 11.5 Å². The van der Waals surface area contributed by atoms with Crippen molar-refractivity contribution in [3.63, 3.8) is 0 Å². The molecule has 0 saturated heterocycles. The zero-order valence-corrected chi connectivity index (χ0v) is 15.8. The molecule has 140 valence electrons. The molecule has 0 bridgehead atoms. The second-order valence-corrected chi connectivity index (χ2v) is 7.19. The van der Waals surface area contributed by atoms with Crippen molar-refractivity contribution in [2.24, 2.45) is 0 Å². The molecule has 1 amide bonds. The van der Waals surface area contributed by atoms with Crippen LogP contribution in [0.25, 0.3) is 5.78 Å². The maximum absolute atomic E-state index is 12.2. The Balaban J connectivity index is 1.31. The molecule has 0 fully saturated rings. The maximum atomic E-state index is 12.2. The van der Waals surface area contributed by atoms with Crippen LogP contribution >= 0.6 is 11.8 Å². The van der Waals surface area contributed by atoms with E-state index in [4.69, 9.17) is 9.47 Å². The molecule has 0 aliphatic carbocycles. The van der Waals surface area contributed by atoms with Crippen molar-refractivity contribution < 1.29 is 14.3 Å². The topological polar surface area (TPSA) is 90.6 Å². The summed E-state index contributed by atoms with van der Waals surface area (Å²) >= 11 is 1.33. The number of rotatable bonds is 5. The molecule has 1 aromatic carbocycles. The normalized spacial score (nSPS) is 15.7. The Morgan fingerprint density at radius 3 is 2.96 bits per heavy atom. The van der Waals surface area contributed by atoms with E-state index in [1.54, 1.807) is 0 Å². The van der Waals surface area contributed by atoms with Crippen molar-refractivity contribution in [1.29, 1.82) is 0 Å². The van der Waals surface area contributed by atoms with Gasteiger partial charge in [-0.1, -0.05) is 23.9 Å². The van der Waals surface area contributed by atoms with Gasteiger partial charge in [0.25, 0.3) is 5.78 Å². The van der Waals surface area contributed by atoms with E-state index >= 15 is 0 Å². The maximum Gasteiger partial charge on any atom is 0.256 e. The summed E-state index contributed by atoms with van der Waals surface area (Å²) in [5.74, 6) is 2.11. The lowest BCUT2D eigenvalue weighted by Crippen LogP contribution is -2.41. The molecular weight excluding hydrogens is 366 g/mol. The molecule has 1 N–H and O–H groups in total. The molecule has 0 saturated carbocycles. The van der Waals surface area contributed by atoms with Gasteiger partial charge in [0.1, 0.15) is 12.7 Å². The minimum atomic E-state index is -0.211. The van der Waals surface area contributed by atoms with Crippen LogP contribution < -0.4 is 14.8 Å². The van der Waals surface area contributed by atoms with E-state index in [2.05, 4.69) is 20.5 Å². The molecule has 1 aliphatic rings. The number of thioether (sulfide) groups is 1. The molecule has 0 unspecified atom stereocenters. The average molecular weight is 385 g/mol. The number of hydrogen-bond acceptors (Lipinski definition) is 7. The van der Waals surface area contributed by atoms with E-state index in [0.717, 1.165) is 17.1 Å². The number of nitrogens with zero attached hydrogens (tertiary/aromatic N) is 4. The van der Waals surface area contributed by atoms with E-state index in [0.29, 0.717) is 29.8 Å². The van der Waals surface area contributed by atoms with Gasteiger partial charge in [0, 0.05) is 11.4 Å². The third kappa shape index (κ3) is 3.82. The van der Waals surface area contributed by atoms with Crippen molar-refractivity contribution >= 4 is 23.4 Å². The quantitative estimate of drug-likeness (QED) is 0.670. The average Bonchev–Trinajstić information content (AvgIpc) is 3.07. The summed E-state index contributed by atoms with van der Waals surface area (Å²) in [6, 6.07) is 9.46. The number of carbonyl (C=O) groups is 1. The minimum Gasteiger partial charge on any atom is -0.486 e. The van der Waals surface area contributed by atoms with E-state index in [1.165, 1.54) is 11.8 Å². The van der Waals surface area contributed by atoms with Gasteiger partial charge in [-0.3, -0.25) is 9.20 Å². The zero-order valence-electron chi connectivity index (χ0n) is 15.0. The molecule has 1 aliphatic heterocycles. The number of aromatic nitrogens is 4. The molecule has 1 atom stereocenters. The van der Waals surface area contributed by atoms with Crippen LogP contribution in [0, 0.1) is 13.8 Å². The summed E-state index contributed by atoms with van der Waals surface area (Å²) in [4.78, 5) is 16.5. The Bertz CT molecular complexity index is 990. The highest BCUT2D eigenvalue weighted by Gasteiger charge is 2.21. The molecule has 3 aromatic rings. The number of ether oxygens (including phenoxy) is 2. The van der Waals surface area contributed by atoms with Crippen LogP contribution in [0.4, 0.5) is 0 Å². The van der Waals surface area contributed by atoms with Crippen molar-refractivity contribution in [2.45, 2.75) is 25.1 Å². The fourth-order valence-electron chi connectivity index (χ4n) is 2.87. The van der Waals surface area contributed by atoms with Crippen molar-refractivity contribution in [1.82, 2.24) is 24.9 Å². The SMILES string of the molecule is Cc1cc(C)n2c(SCC(=O)NC[C@H]3COc4ccccc4O3)nnc2n1. The number of benzene rings is 1. The third-order valence-corrected chi connectivity index (χ3v) is 5.02. The van der Waals surface area contributed by atoms with Crippen LogP contribution in [-0.4, -0.2) is 50.5 Å². The molecule has 8 nitrogen and oxygen atoms in total. The summed E-state index contributed by atoms with van der Waals surface area (Å²) in [6.45, 7) is 4.67. The van der Waals surface area contributed by atoms with Crippen LogP contribution in [0.1, 0.15) is 11.4 Å². The van der Waals surface area contributed by atoms with Crippen LogP contribution in [0.15, 0.2) is 35.5 Å². The monoisotopic (exact) mass is 385 g/mol. The highest BCUT2D eigenvalue weighted by atomic mass is 32.2. The Hall–Kier alpha value is -2.81. The number of amides is 1. The van der Waals surface area contributed by atoms with E-state index in [9.17, 15) is 4.79 Å². The Morgan fingerprint density at radius 2 is 2.11 bits per heavy atom. The Kier molecular flexibility index (Phi) is 4.85. The molecule has 4 rings (SSSR count). The molecule has 2 aromatic heterocycles. The number of fused-ring (bicyclic) bond motifs is 2. The fraction of sp³-hybridized carbons (Fsp3) is 0.333. The van der Waals surface area contributed by atoms with Gasteiger partial charge in [-0.15, -0.1) is 10.2 Å². The number of aryl methyl sites for hydroxylation is 2. The second-order valence-electron chi connectivity index (χ2n) is 6.25. The zero-order chi connectivity index (χ0) is 18.8. The number of hydrogen-bond donors (Lipinski definition) is 1. The molecular formula is C18H19N5O3S. The van der Waals surface area contributed by atoms with Gasteiger partial charge in [0.15, 0.2) is 16.7 Å². The van der Waals surface area contributed by atoms with E-state index in [-0.39, 0.29) is 17.8 Å². The summed E-state index contributed by atoms with van der Waals surface area (Å²) in [6.07, 6.45) is -0.211. The summed E-state index contributed by atoms with van der Waals surface area (Å²) in [5, 5.41) is 11.7. The predicted molar refractivity (Wildman–Crippen MR) is 100 cm³/mol. The van der Waals surface area contributed by atoms with Crippen molar-refractivity contribution in [2.75, 3.05) is 18.9 Å². The Labute approximate surface area is 160 Å². The molecule has 0 radical (unpaired) electrons. The molecule has 27 heavy (non-hydrogen) atoms. The standard InChI is InChI=1S/C18H19N5O3S/c1-11-7-12(2)23-17(20-11)21-22-18(23)27-10-16(24)19-8-13-9-25-14-5-3-4-6-15(14)26-13/h3-7,13H,8-10H2,1-2H3,(H,19,24)/t13-/m0/s1. The largest absolute Gasteiger partial charge is 0.486 e. The first kappa shape index (κ1) is 17.6. The lowest BCUT2D eigenvalue weighted by molar-refractivity contribution is -0.119. The lowest BCUT2D eigenvalue weighted by atomic mass is 10.2. The van der Waals surface area contributed by atoms with Crippen LogP contribution in [0.2, 0.25) is 0 Å². The van der Waals surface area contributed by atoms with Gasteiger partial charge in [0.05, 0.1) is 12.3 Å². The smallest absolute Gasteiger partial charge is 0.256 e. The first-order chi connectivity index (χ1) is 13.1. The van der Waals surface area contributed by atoms with Crippen molar-refractivity contribution in [3.8, 4) is 11.5 Å². The first-order valence-electron chi connectivity index (χ1n) is 8.57. The van der Waals surface area contributed by atoms with Gasteiger partial charge in [-0.25, -0.2) is 4.98 Å². The minimum absolute atomic E-state index is 0.100. The Morgan fingerprint density at radius 1 is 1.30 bits per heavy atom. The van der Waals surface area contributed by atoms with Crippen LogP contribution in [0.3, 0.4) is 0 Å². The summed E-state index contributed by atoms with van der Waals surface area (Å²) in [5.41, 5.74) is 1.87. The number of para-hydroxylation sites is 2.